The molecule has 9 rings (SSSR count). The maximum atomic E-state index is 11.6. The van der Waals surface area contributed by atoms with E-state index in [0.29, 0.717) is 28.2 Å². The normalized spacial score (nSPS) is 12.6. The molecular formula is C57H50N3OPt-. The van der Waals surface area contributed by atoms with Crippen molar-refractivity contribution in [1.82, 2.24) is 14.5 Å². The number of hydrogen-bond acceptors (Lipinski definition) is 3. The number of phenols is 1. The summed E-state index contributed by atoms with van der Waals surface area (Å²) in [4.78, 5) is 10.3. The van der Waals surface area contributed by atoms with Crippen molar-refractivity contribution >= 4 is 11.0 Å². The standard InChI is InChI=1S/C57H50N3O.Pt/c1-37-31-52(49(36-48(37)39-19-12-9-13-20-39)40-25-27-44(28-26-40)56(2,3)4)60-51-23-16-22-46(54(51)59-55(60)47-21-14-15-24-53(47)61)42-32-43(34-45(33-42)57(5,6)7)50-35-41(29-30-58-50)38-17-10-8-11-18-38;/h8-31,33-36,61H,1-7H3;/q-1;/i1D3;. The number of pyridine rings is 1. The van der Waals surface area contributed by atoms with Crippen LogP contribution in [-0.2, 0) is 31.9 Å². The zero-order valence-corrected chi connectivity index (χ0v) is 38.0. The maximum Gasteiger partial charge on any atom is 0.148 e. The first-order valence-corrected chi connectivity index (χ1v) is 20.8. The van der Waals surface area contributed by atoms with E-state index in [-0.39, 0.29) is 43.2 Å². The minimum Gasteiger partial charge on any atom is -0.507 e. The van der Waals surface area contributed by atoms with Crippen molar-refractivity contribution in [2.24, 2.45) is 0 Å². The molecule has 0 bridgehead atoms. The smallest absolute Gasteiger partial charge is 0.148 e. The van der Waals surface area contributed by atoms with Crippen LogP contribution in [0, 0.1) is 12.9 Å². The zero-order valence-electron chi connectivity index (χ0n) is 38.8. The molecule has 0 saturated carbocycles. The molecule has 0 saturated heterocycles. The summed E-state index contributed by atoms with van der Waals surface area (Å²) in [6, 6.07) is 57.8. The second-order valence-electron chi connectivity index (χ2n) is 17.8. The van der Waals surface area contributed by atoms with Crippen molar-refractivity contribution < 1.29 is 30.3 Å². The molecular weight excluding hydrogens is 938 g/mol. The number of aromatic hydroxyl groups is 1. The van der Waals surface area contributed by atoms with Crippen LogP contribution in [0.1, 0.15) is 62.3 Å². The molecule has 310 valence electrons. The van der Waals surface area contributed by atoms with Gasteiger partial charge in [-0.05, 0) is 93.0 Å². The Bertz CT molecular complexity index is 3160. The Morgan fingerprint density at radius 3 is 1.85 bits per heavy atom. The molecule has 0 amide bonds. The Labute approximate surface area is 384 Å². The number of hydrogen-bond donors (Lipinski definition) is 1. The third-order valence-electron chi connectivity index (χ3n) is 11.5. The first kappa shape index (κ1) is 38.6. The fourth-order valence-electron chi connectivity index (χ4n) is 8.09. The molecule has 62 heavy (non-hydrogen) atoms. The van der Waals surface area contributed by atoms with Crippen LogP contribution in [0.5, 0.6) is 5.75 Å². The van der Waals surface area contributed by atoms with Crippen molar-refractivity contribution in [3.8, 4) is 78.6 Å². The number of imidazole rings is 1. The van der Waals surface area contributed by atoms with Gasteiger partial charge in [0.05, 0.1) is 22.3 Å². The van der Waals surface area contributed by atoms with E-state index >= 15 is 0 Å². The zero-order chi connectivity index (χ0) is 45.0. The van der Waals surface area contributed by atoms with Gasteiger partial charge in [0.25, 0.3) is 0 Å². The number of phenolic OH excluding ortho intramolecular Hbond substituents is 1. The number of aromatic nitrogens is 3. The van der Waals surface area contributed by atoms with E-state index in [1.165, 1.54) is 5.56 Å². The van der Waals surface area contributed by atoms with Gasteiger partial charge in [0.1, 0.15) is 11.6 Å². The predicted octanol–water partition coefficient (Wildman–Crippen LogP) is 14.8. The molecule has 1 N–H and O–H groups in total. The van der Waals surface area contributed by atoms with Gasteiger partial charge >= 0.3 is 0 Å². The van der Waals surface area contributed by atoms with Gasteiger partial charge in [-0.2, -0.15) is 0 Å². The van der Waals surface area contributed by atoms with Gasteiger partial charge in [0, 0.05) is 42.6 Å². The van der Waals surface area contributed by atoms with Crippen LogP contribution in [0.25, 0.3) is 83.9 Å². The van der Waals surface area contributed by atoms with Gasteiger partial charge in [0.15, 0.2) is 0 Å². The summed E-state index contributed by atoms with van der Waals surface area (Å²) in [5, 5.41) is 11.6. The first-order valence-electron chi connectivity index (χ1n) is 22.3. The van der Waals surface area contributed by atoms with Crippen LogP contribution >= 0.6 is 0 Å². The minimum absolute atomic E-state index is 0. The van der Waals surface area contributed by atoms with Crippen LogP contribution < -0.4 is 0 Å². The third-order valence-corrected chi connectivity index (χ3v) is 11.5. The summed E-state index contributed by atoms with van der Waals surface area (Å²) in [5.74, 6) is 0.531. The van der Waals surface area contributed by atoms with Crippen molar-refractivity contribution in [3.05, 3.63) is 193 Å². The van der Waals surface area contributed by atoms with Gasteiger partial charge < -0.3 is 5.11 Å². The fraction of sp³-hybridized carbons (Fsp3) is 0.158. The van der Waals surface area contributed by atoms with Crippen LogP contribution in [0.15, 0.2) is 170 Å². The monoisotopic (exact) mass is 990 g/mol. The molecule has 0 aliphatic heterocycles. The summed E-state index contributed by atoms with van der Waals surface area (Å²) in [7, 11) is 0. The number of benzene rings is 7. The van der Waals surface area contributed by atoms with Gasteiger partial charge in [0.2, 0.25) is 0 Å². The van der Waals surface area contributed by atoms with Gasteiger partial charge in [-0.15, -0.1) is 29.3 Å². The Kier molecular flexibility index (Phi) is 10.5. The Balaban J connectivity index is 0.00000576. The maximum absolute atomic E-state index is 11.6. The predicted molar refractivity (Wildman–Crippen MR) is 254 cm³/mol. The second kappa shape index (κ2) is 16.8. The van der Waals surface area contributed by atoms with E-state index in [4.69, 9.17) is 14.1 Å². The second-order valence-corrected chi connectivity index (χ2v) is 17.8. The first-order chi connectivity index (χ1) is 30.5. The van der Waals surface area contributed by atoms with Gasteiger partial charge in [-0.25, -0.2) is 4.98 Å². The summed E-state index contributed by atoms with van der Waals surface area (Å²) >= 11 is 0. The molecule has 4 nitrogen and oxygen atoms in total. The van der Waals surface area contributed by atoms with E-state index in [0.717, 1.165) is 61.3 Å². The SMILES string of the molecule is [2H]C([2H])([2H])c1cc(-n2c(-c3ccccc3O)nc3c(-c4[c-]c(-c5cc(-c6ccccc6)ccn5)cc(C(C)(C)C)c4)cccc32)c(-c2ccc(C(C)(C)C)cc2)cc1-c1ccccc1.[Pt]. The van der Waals surface area contributed by atoms with E-state index in [2.05, 4.69) is 108 Å². The number of fused-ring (bicyclic) bond motifs is 1. The quantitative estimate of drug-likeness (QED) is 0.162. The van der Waals surface area contributed by atoms with Crippen LogP contribution in [0.4, 0.5) is 0 Å². The summed E-state index contributed by atoms with van der Waals surface area (Å²) in [6.45, 7) is 10.7. The number of nitrogens with zero attached hydrogens (tertiary/aromatic N) is 3. The molecule has 0 aliphatic rings. The summed E-state index contributed by atoms with van der Waals surface area (Å²) in [5.41, 5.74) is 13.5. The van der Waals surface area contributed by atoms with E-state index in [1.54, 1.807) is 18.2 Å². The van der Waals surface area contributed by atoms with Gasteiger partial charge in [-0.1, -0.05) is 168 Å². The van der Waals surface area contributed by atoms with Crippen molar-refractivity contribution in [1.29, 1.82) is 0 Å². The van der Waals surface area contributed by atoms with Crippen molar-refractivity contribution in [3.63, 3.8) is 0 Å². The average Bonchev–Trinajstić information content (AvgIpc) is 3.68. The van der Waals surface area contributed by atoms with E-state index < -0.39 is 6.85 Å². The van der Waals surface area contributed by atoms with Crippen LogP contribution in [-0.4, -0.2) is 19.6 Å². The molecule has 0 fully saturated rings. The van der Waals surface area contributed by atoms with Crippen molar-refractivity contribution in [2.75, 3.05) is 0 Å². The minimum atomic E-state index is -2.46. The summed E-state index contributed by atoms with van der Waals surface area (Å²) < 4.78 is 28.7. The van der Waals surface area contributed by atoms with Crippen LogP contribution in [0.2, 0.25) is 0 Å². The third kappa shape index (κ3) is 8.20. The Hall–Kier alpha value is -6.35. The number of para-hydroxylation sites is 2. The fourth-order valence-corrected chi connectivity index (χ4v) is 8.09. The molecule has 0 spiro atoms. The van der Waals surface area contributed by atoms with Gasteiger partial charge in [-0.3, -0.25) is 9.55 Å². The average molecular weight is 991 g/mol. The molecule has 0 atom stereocenters. The van der Waals surface area contributed by atoms with Crippen LogP contribution in [0.3, 0.4) is 0 Å². The molecule has 0 unspecified atom stereocenters. The Morgan fingerprint density at radius 2 is 1.18 bits per heavy atom. The Morgan fingerprint density at radius 1 is 0.548 bits per heavy atom. The topological polar surface area (TPSA) is 50.9 Å². The molecule has 9 aromatic rings. The molecule has 5 heteroatoms. The summed E-state index contributed by atoms with van der Waals surface area (Å²) in [6.07, 6.45) is 1.85. The molecule has 7 aromatic carbocycles. The molecule has 2 aromatic heterocycles. The van der Waals surface area contributed by atoms with E-state index in [9.17, 15) is 5.11 Å². The number of aryl methyl sites for hydroxylation is 1. The largest absolute Gasteiger partial charge is 0.507 e. The van der Waals surface area contributed by atoms with Crippen molar-refractivity contribution in [2.45, 2.75) is 59.2 Å². The molecule has 2 heterocycles. The molecule has 0 radical (unpaired) electrons. The van der Waals surface area contributed by atoms with E-state index in [1.807, 2.05) is 95.7 Å². The number of rotatable bonds is 7. The molecule has 0 aliphatic carbocycles.